The summed E-state index contributed by atoms with van der Waals surface area (Å²) >= 11 is 0. The van der Waals surface area contributed by atoms with E-state index < -0.39 is 4.92 Å². The fourth-order valence-electron chi connectivity index (χ4n) is 1.95. The zero-order chi connectivity index (χ0) is 13.1. The average molecular weight is 245 g/mol. The first-order valence-electron chi connectivity index (χ1n) is 5.51. The number of nitriles is 1. The van der Waals surface area contributed by atoms with Crippen LogP contribution in [0.2, 0.25) is 0 Å². The topological polar surface area (TPSA) is 87.2 Å². The maximum atomic E-state index is 11.6. The highest BCUT2D eigenvalue weighted by atomic mass is 16.6. The minimum absolute atomic E-state index is 0.0291. The summed E-state index contributed by atoms with van der Waals surface area (Å²) in [5, 5.41) is 19.3. The van der Waals surface area contributed by atoms with Crippen molar-refractivity contribution < 1.29 is 9.72 Å². The van der Waals surface area contributed by atoms with E-state index in [0.29, 0.717) is 13.1 Å². The second-order valence-electron chi connectivity index (χ2n) is 4.23. The van der Waals surface area contributed by atoms with Crippen LogP contribution in [0.5, 0.6) is 0 Å². The third-order valence-electron chi connectivity index (χ3n) is 2.92. The molecule has 6 heteroatoms. The van der Waals surface area contributed by atoms with E-state index in [2.05, 4.69) is 6.07 Å². The highest BCUT2D eigenvalue weighted by molar-refractivity contribution is 5.79. The second-order valence-corrected chi connectivity index (χ2v) is 4.23. The molecule has 0 saturated carbocycles. The maximum Gasteiger partial charge on any atom is 0.269 e. The van der Waals surface area contributed by atoms with E-state index in [1.54, 1.807) is 17.0 Å². The molecule has 0 radical (unpaired) electrons. The van der Waals surface area contributed by atoms with Gasteiger partial charge in [-0.2, -0.15) is 5.26 Å². The lowest BCUT2D eigenvalue weighted by Gasteiger charge is -2.15. The fourth-order valence-corrected chi connectivity index (χ4v) is 1.95. The molecule has 0 spiro atoms. The van der Waals surface area contributed by atoms with Crippen molar-refractivity contribution in [1.29, 1.82) is 5.26 Å². The minimum atomic E-state index is -0.462. The van der Waals surface area contributed by atoms with Crippen molar-refractivity contribution in [1.82, 2.24) is 4.90 Å². The van der Waals surface area contributed by atoms with Gasteiger partial charge in [0.25, 0.3) is 5.69 Å². The first-order valence-corrected chi connectivity index (χ1v) is 5.51. The molecule has 1 aromatic carbocycles. The summed E-state index contributed by atoms with van der Waals surface area (Å²) < 4.78 is 0. The molecule has 1 amide bonds. The molecule has 1 unspecified atom stereocenters. The molecule has 0 aliphatic carbocycles. The Hall–Kier alpha value is -2.42. The van der Waals surface area contributed by atoms with Crippen molar-refractivity contribution in [2.24, 2.45) is 5.92 Å². The Morgan fingerprint density at radius 1 is 1.44 bits per heavy atom. The number of benzene rings is 1. The second kappa shape index (κ2) is 4.84. The molecule has 1 aliphatic rings. The van der Waals surface area contributed by atoms with Crippen LogP contribution < -0.4 is 0 Å². The number of nitrogens with zero attached hydrogens (tertiary/aromatic N) is 3. The first kappa shape index (κ1) is 12.0. The number of hydrogen-bond donors (Lipinski definition) is 0. The highest BCUT2D eigenvalue weighted by Gasteiger charge is 2.29. The van der Waals surface area contributed by atoms with Crippen molar-refractivity contribution >= 4 is 11.6 Å². The number of hydrogen-bond acceptors (Lipinski definition) is 4. The molecule has 1 atom stereocenters. The van der Waals surface area contributed by atoms with Gasteiger partial charge in [-0.15, -0.1) is 0 Å². The van der Waals surface area contributed by atoms with Crippen LogP contribution in [0.4, 0.5) is 5.69 Å². The van der Waals surface area contributed by atoms with E-state index in [9.17, 15) is 14.9 Å². The molecule has 0 N–H and O–H groups in total. The van der Waals surface area contributed by atoms with Gasteiger partial charge in [-0.1, -0.05) is 12.1 Å². The molecule has 6 nitrogen and oxygen atoms in total. The first-order chi connectivity index (χ1) is 8.60. The Labute approximate surface area is 104 Å². The fraction of sp³-hybridized carbons (Fsp3) is 0.333. The smallest absolute Gasteiger partial charge is 0.269 e. The van der Waals surface area contributed by atoms with Crippen molar-refractivity contribution in [3.05, 3.63) is 39.9 Å². The van der Waals surface area contributed by atoms with E-state index in [1.165, 1.54) is 12.1 Å². The zero-order valence-corrected chi connectivity index (χ0v) is 9.57. The molecule has 1 heterocycles. The molecule has 1 aromatic rings. The van der Waals surface area contributed by atoms with Crippen LogP contribution in [-0.2, 0) is 11.3 Å². The Bertz CT molecular complexity index is 518. The van der Waals surface area contributed by atoms with Gasteiger partial charge in [0.2, 0.25) is 5.91 Å². The number of non-ortho nitro benzene ring substituents is 1. The van der Waals surface area contributed by atoms with Gasteiger partial charge >= 0.3 is 0 Å². The number of nitro benzene ring substituents is 1. The van der Waals surface area contributed by atoms with Crippen LogP contribution in [-0.4, -0.2) is 22.3 Å². The summed E-state index contributed by atoms with van der Waals surface area (Å²) in [6.45, 7) is 0.835. The summed E-state index contributed by atoms with van der Waals surface area (Å²) in [6.07, 6.45) is 0.267. The van der Waals surface area contributed by atoms with Gasteiger partial charge < -0.3 is 4.90 Å². The molecular formula is C12H11N3O3. The number of carbonyl (C=O) groups excluding carboxylic acids is 1. The monoisotopic (exact) mass is 245 g/mol. The predicted octanol–water partition coefficient (Wildman–Crippen LogP) is 1.47. The molecule has 0 bridgehead atoms. The average Bonchev–Trinajstić information content (AvgIpc) is 2.71. The lowest BCUT2D eigenvalue weighted by atomic mass is 10.1. The molecule has 1 aliphatic heterocycles. The number of carbonyl (C=O) groups is 1. The largest absolute Gasteiger partial charge is 0.337 e. The maximum absolute atomic E-state index is 11.6. The van der Waals surface area contributed by atoms with E-state index in [0.717, 1.165) is 5.56 Å². The highest BCUT2D eigenvalue weighted by Crippen LogP contribution is 2.20. The van der Waals surface area contributed by atoms with Crippen LogP contribution in [0.1, 0.15) is 12.0 Å². The van der Waals surface area contributed by atoms with Gasteiger partial charge in [-0.3, -0.25) is 14.9 Å². The van der Waals surface area contributed by atoms with E-state index in [-0.39, 0.29) is 23.9 Å². The number of amides is 1. The number of nitro groups is 1. The molecule has 92 valence electrons. The Morgan fingerprint density at radius 3 is 2.61 bits per heavy atom. The van der Waals surface area contributed by atoms with E-state index >= 15 is 0 Å². The minimum Gasteiger partial charge on any atom is -0.337 e. The van der Waals surface area contributed by atoms with Gasteiger partial charge in [-0.05, 0) is 5.56 Å². The number of rotatable bonds is 3. The SMILES string of the molecule is N#CC1CC(=O)N(Cc2ccc([N+](=O)[O-])cc2)C1. The molecule has 18 heavy (non-hydrogen) atoms. The van der Waals surface area contributed by atoms with Crippen LogP contribution >= 0.6 is 0 Å². The summed E-state index contributed by atoms with van der Waals surface area (Å²) in [4.78, 5) is 23.2. The number of likely N-dealkylation sites (tertiary alicyclic amines) is 1. The van der Waals surface area contributed by atoms with Gasteiger partial charge in [-0.25, -0.2) is 0 Å². The molecule has 0 aromatic heterocycles. The lowest BCUT2D eigenvalue weighted by molar-refractivity contribution is -0.384. The van der Waals surface area contributed by atoms with Crippen molar-refractivity contribution in [2.45, 2.75) is 13.0 Å². The Kier molecular flexibility index (Phi) is 3.24. The molecule has 1 saturated heterocycles. The van der Waals surface area contributed by atoms with Crippen LogP contribution in [0.15, 0.2) is 24.3 Å². The van der Waals surface area contributed by atoms with Crippen LogP contribution in [0, 0.1) is 27.4 Å². The quantitative estimate of drug-likeness (QED) is 0.595. The Balaban J connectivity index is 2.04. The lowest BCUT2D eigenvalue weighted by Crippen LogP contribution is -2.24. The van der Waals surface area contributed by atoms with Gasteiger partial charge in [0.05, 0.1) is 16.9 Å². The standard InChI is InChI=1S/C12H11N3O3/c13-6-10-5-12(16)14(8-10)7-9-1-3-11(4-2-9)15(17)18/h1-4,10H,5,7-8H2. The van der Waals surface area contributed by atoms with Crippen LogP contribution in [0.25, 0.3) is 0 Å². The molecular weight excluding hydrogens is 234 g/mol. The van der Waals surface area contributed by atoms with Crippen molar-refractivity contribution in [3.63, 3.8) is 0 Å². The van der Waals surface area contributed by atoms with E-state index in [4.69, 9.17) is 5.26 Å². The van der Waals surface area contributed by atoms with Crippen molar-refractivity contribution in [3.8, 4) is 6.07 Å². The van der Waals surface area contributed by atoms with Gasteiger partial charge in [0, 0.05) is 31.6 Å². The van der Waals surface area contributed by atoms with Crippen LogP contribution in [0.3, 0.4) is 0 Å². The predicted molar refractivity (Wildman–Crippen MR) is 62.2 cm³/mol. The molecule has 2 rings (SSSR count). The third-order valence-corrected chi connectivity index (χ3v) is 2.92. The Morgan fingerprint density at radius 2 is 2.11 bits per heavy atom. The summed E-state index contributed by atoms with van der Waals surface area (Å²) in [5.41, 5.74) is 0.855. The van der Waals surface area contributed by atoms with Gasteiger partial charge in [0.1, 0.15) is 0 Å². The summed E-state index contributed by atoms with van der Waals surface area (Å²) in [7, 11) is 0. The van der Waals surface area contributed by atoms with Gasteiger partial charge in [0.15, 0.2) is 0 Å². The normalized spacial score (nSPS) is 18.7. The summed E-state index contributed by atoms with van der Waals surface area (Å²) in [5.74, 6) is -0.282. The molecule has 1 fully saturated rings. The third kappa shape index (κ3) is 2.46. The summed E-state index contributed by atoms with van der Waals surface area (Å²) in [6, 6.07) is 8.17. The van der Waals surface area contributed by atoms with E-state index in [1.807, 2.05) is 0 Å². The zero-order valence-electron chi connectivity index (χ0n) is 9.57. The van der Waals surface area contributed by atoms with Crippen molar-refractivity contribution in [2.75, 3.05) is 6.54 Å².